The van der Waals surface area contributed by atoms with Crippen molar-refractivity contribution in [2.24, 2.45) is 0 Å². The average Bonchev–Trinajstić information content (AvgIpc) is 2.30. The summed E-state index contributed by atoms with van der Waals surface area (Å²) in [4.78, 5) is 0. The second-order valence-corrected chi connectivity index (χ2v) is 3.75. The van der Waals surface area contributed by atoms with E-state index in [1.807, 2.05) is 13.0 Å². The smallest absolute Gasteiger partial charge is 0.247 e. The van der Waals surface area contributed by atoms with E-state index in [4.69, 9.17) is 4.43 Å². The van der Waals surface area contributed by atoms with Gasteiger partial charge in [-0.2, -0.15) is 0 Å². The maximum atomic E-state index is 5.19. The van der Waals surface area contributed by atoms with Crippen molar-refractivity contribution in [2.75, 3.05) is 0 Å². The van der Waals surface area contributed by atoms with Gasteiger partial charge in [0, 0.05) is 0 Å². The van der Waals surface area contributed by atoms with Gasteiger partial charge in [0.2, 0.25) is 10.5 Å². The Bertz CT molecular complexity index is 344. The summed E-state index contributed by atoms with van der Waals surface area (Å²) in [5.41, 5.74) is 3.87. The molecule has 1 aromatic rings. The van der Waals surface area contributed by atoms with Crippen LogP contribution in [0.25, 0.3) is 5.57 Å². The summed E-state index contributed by atoms with van der Waals surface area (Å²) in [5.74, 6) is 0. The van der Waals surface area contributed by atoms with Gasteiger partial charge in [-0.05, 0) is 37.0 Å². The van der Waals surface area contributed by atoms with Gasteiger partial charge in [-0.15, -0.1) is 0 Å². The quantitative estimate of drug-likeness (QED) is 0.699. The van der Waals surface area contributed by atoms with Gasteiger partial charge >= 0.3 is 0 Å². The maximum Gasteiger partial charge on any atom is 0.247 e. The minimum atomic E-state index is 0.0689. The van der Waals surface area contributed by atoms with Crippen molar-refractivity contribution in [3.8, 4) is 0 Å². The summed E-state index contributed by atoms with van der Waals surface area (Å²) < 4.78 is 5.19. The molecular weight excluding hydrogens is 200 g/mol. The fourth-order valence-electron chi connectivity index (χ4n) is 1.76. The van der Waals surface area contributed by atoms with E-state index in [0.717, 1.165) is 6.42 Å². The standard InChI is InChI=1S/C13H17OSi/c1-4-11(5-2)13-9-7-6-8-12(13)10(3)14-15/h4,6-10H,5H2,1-3H3. The third-order valence-corrected chi connectivity index (χ3v) is 3.00. The molecule has 0 heterocycles. The molecule has 0 bridgehead atoms. The van der Waals surface area contributed by atoms with Crippen LogP contribution in [-0.2, 0) is 4.43 Å². The van der Waals surface area contributed by atoms with Crippen LogP contribution in [0.3, 0.4) is 0 Å². The average molecular weight is 217 g/mol. The Hall–Kier alpha value is -0.863. The van der Waals surface area contributed by atoms with Crippen LogP contribution in [0, 0.1) is 0 Å². The van der Waals surface area contributed by atoms with E-state index < -0.39 is 0 Å². The second kappa shape index (κ2) is 5.88. The van der Waals surface area contributed by atoms with E-state index in [9.17, 15) is 0 Å². The molecule has 79 valence electrons. The largest absolute Gasteiger partial charge is 0.412 e. The topological polar surface area (TPSA) is 9.23 Å². The van der Waals surface area contributed by atoms with Gasteiger partial charge in [0.05, 0.1) is 6.10 Å². The molecule has 1 rings (SSSR count). The van der Waals surface area contributed by atoms with Crippen LogP contribution >= 0.6 is 0 Å². The lowest BCUT2D eigenvalue weighted by Crippen LogP contribution is -2.01. The SMILES string of the molecule is CC=C(CC)c1ccccc1C(C)O[Si]. The van der Waals surface area contributed by atoms with E-state index in [2.05, 4.69) is 48.6 Å². The molecule has 1 aromatic carbocycles. The summed E-state index contributed by atoms with van der Waals surface area (Å²) in [7, 11) is 3.11. The van der Waals surface area contributed by atoms with Crippen LogP contribution in [0.5, 0.6) is 0 Å². The monoisotopic (exact) mass is 217 g/mol. The molecule has 0 spiro atoms. The number of allylic oxidation sites excluding steroid dienone is 2. The highest BCUT2D eigenvalue weighted by atomic mass is 28.2. The van der Waals surface area contributed by atoms with Gasteiger partial charge < -0.3 is 4.43 Å². The fourth-order valence-corrected chi connectivity index (χ4v) is 1.88. The van der Waals surface area contributed by atoms with Crippen molar-refractivity contribution in [1.29, 1.82) is 0 Å². The molecular formula is C13H17OSi. The van der Waals surface area contributed by atoms with Crippen molar-refractivity contribution in [3.63, 3.8) is 0 Å². The first-order chi connectivity index (χ1) is 7.24. The van der Waals surface area contributed by atoms with E-state index >= 15 is 0 Å². The van der Waals surface area contributed by atoms with Crippen LogP contribution in [0.15, 0.2) is 30.3 Å². The predicted molar refractivity (Wildman–Crippen MR) is 65.6 cm³/mol. The molecule has 0 aliphatic heterocycles. The van der Waals surface area contributed by atoms with E-state index in [0.29, 0.717) is 0 Å². The van der Waals surface area contributed by atoms with Gasteiger partial charge in [0.25, 0.3) is 0 Å². The Morgan fingerprint density at radius 1 is 1.47 bits per heavy atom. The van der Waals surface area contributed by atoms with E-state index in [1.165, 1.54) is 16.7 Å². The molecule has 0 saturated carbocycles. The second-order valence-electron chi connectivity index (χ2n) is 3.51. The van der Waals surface area contributed by atoms with Crippen molar-refractivity contribution in [1.82, 2.24) is 0 Å². The van der Waals surface area contributed by atoms with Crippen molar-refractivity contribution >= 4 is 16.1 Å². The molecule has 1 unspecified atom stereocenters. The number of hydrogen-bond donors (Lipinski definition) is 0. The van der Waals surface area contributed by atoms with Gasteiger partial charge in [0.15, 0.2) is 0 Å². The first kappa shape index (κ1) is 12.2. The Balaban J connectivity index is 3.17. The van der Waals surface area contributed by atoms with E-state index in [-0.39, 0.29) is 6.10 Å². The zero-order valence-corrected chi connectivity index (χ0v) is 10.6. The van der Waals surface area contributed by atoms with Crippen LogP contribution in [-0.4, -0.2) is 10.5 Å². The third-order valence-electron chi connectivity index (χ3n) is 2.65. The van der Waals surface area contributed by atoms with Crippen LogP contribution in [0.1, 0.15) is 44.4 Å². The molecule has 0 N–H and O–H groups in total. The highest BCUT2D eigenvalue weighted by Crippen LogP contribution is 2.27. The lowest BCUT2D eigenvalue weighted by Gasteiger charge is -2.16. The first-order valence-corrected chi connectivity index (χ1v) is 5.72. The summed E-state index contributed by atoms with van der Waals surface area (Å²) in [6.45, 7) is 6.29. The number of rotatable bonds is 4. The molecule has 3 radical (unpaired) electrons. The van der Waals surface area contributed by atoms with Crippen molar-refractivity contribution in [2.45, 2.75) is 33.3 Å². The summed E-state index contributed by atoms with van der Waals surface area (Å²) in [6.07, 6.45) is 3.28. The third kappa shape index (κ3) is 2.80. The van der Waals surface area contributed by atoms with Crippen LogP contribution in [0.2, 0.25) is 0 Å². The van der Waals surface area contributed by atoms with Gasteiger partial charge in [-0.1, -0.05) is 37.3 Å². The molecule has 0 aliphatic carbocycles. The zero-order chi connectivity index (χ0) is 11.3. The number of hydrogen-bond acceptors (Lipinski definition) is 1. The molecule has 15 heavy (non-hydrogen) atoms. The number of benzene rings is 1. The molecule has 0 aromatic heterocycles. The summed E-state index contributed by atoms with van der Waals surface area (Å²) in [5, 5.41) is 0. The van der Waals surface area contributed by atoms with Crippen molar-refractivity contribution < 1.29 is 4.43 Å². The van der Waals surface area contributed by atoms with E-state index in [1.54, 1.807) is 0 Å². The Labute approximate surface area is 95.7 Å². The summed E-state index contributed by atoms with van der Waals surface area (Å²) >= 11 is 0. The van der Waals surface area contributed by atoms with Crippen LogP contribution < -0.4 is 0 Å². The van der Waals surface area contributed by atoms with Crippen LogP contribution in [0.4, 0.5) is 0 Å². The predicted octanol–water partition coefficient (Wildman–Crippen LogP) is 3.66. The summed E-state index contributed by atoms with van der Waals surface area (Å²) in [6, 6.07) is 8.37. The minimum absolute atomic E-state index is 0.0689. The Kier molecular flexibility index (Phi) is 4.79. The molecule has 0 amide bonds. The normalized spacial score (nSPS) is 14.0. The maximum absolute atomic E-state index is 5.19. The minimum Gasteiger partial charge on any atom is -0.412 e. The van der Waals surface area contributed by atoms with Gasteiger partial charge in [-0.3, -0.25) is 0 Å². The highest BCUT2D eigenvalue weighted by molar-refractivity contribution is 5.98. The molecule has 1 nitrogen and oxygen atoms in total. The Morgan fingerprint density at radius 2 is 2.13 bits per heavy atom. The highest BCUT2D eigenvalue weighted by Gasteiger charge is 2.10. The molecule has 2 heteroatoms. The molecule has 0 aliphatic rings. The lowest BCUT2D eigenvalue weighted by molar-refractivity contribution is 0.250. The molecule has 0 saturated heterocycles. The lowest BCUT2D eigenvalue weighted by atomic mass is 9.95. The zero-order valence-electron chi connectivity index (χ0n) is 9.58. The van der Waals surface area contributed by atoms with Gasteiger partial charge in [0.1, 0.15) is 0 Å². The van der Waals surface area contributed by atoms with Gasteiger partial charge in [-0.25, -0.2) is 0 Å². The van der Waals surface area contributed by atoms with Crippen molar-refractivity contribution in [3.05, 3.63) is 41.5 Å². The first-order valence-electron chi connectivity index (χ1n) is 5.31. The molecule has 1 atom stereocenters. The molecule has 0 fully saturated rings. The Morgan fingerprint density at radius 3 is 2.67 bits per heavy atom. The fraction of sp³-hybridized carbons (Fsp3) is 0.385.